The molecule has 0 heterocycles. The van der Waals surface area contributed by atoms with Gasteiger partial charge in [0.2, 0.25) is 0 Å². The molecule has 0 saturated heterocycles. The van der Waals surface area contributed by atoms with Gasteiger partial charge in [-0.25, -0.2) is 0 Å². The van der Waals surface area contributed by atoms with Gasteiger partial charge in [-0.2, -0.15) is 0 Å². The molecular weight excluding hydrogens is 83.0 g/mol. The quantitative estimate of drug-likeness (QED) is 0.434. The number of rotatable bonds is 1. The molecule has 33 valence electrons. The fraction of sp³-hybridized carbons (Fsp3) is 1.00. The molecule has 0 saturated carbocycles. The van der Waals surface area contributed by atoms with Crippen LogP contribution in [0.5, 0.6) is 0 Å². The van der Waals surface area contributed by atoms with Crippen LogP contribution < -0.4 is 0 Å². The molecular formula is C5H12Na. The molecule has 0 spiro atoms. The zero-order valence-corrected chi connectivity index (χ0v) is 7.28. The van der Waals surface area contributed by atoms with E-state index in [9.17, 15) is 0 Å². The van der Waals surface area contributed by atoms with Crippen LogP contribution in [-0.2, 0) is 0 Å². The predicted molar refractivity (Wildman–Crippen MR) is 30.9 cm³/mol. The molecule has 0 aliphatic heterocycles. The maximum atomic E-state index is 2.22. The van der Waals surface area contributed by atoms with Crippen molar-refractivity contribution < 1.29 is 0 Å². The molecule has 1 heteroatoms. The summed E-state index contributed by atoms with van der Waals surface area (Å²) >= 11 is 0. The van der Waals surface area contributed by atoms with Gasteiger partial charge in [-0.15, -0.1) is 0 Å². The smallest absolute Gasteiger partial charge is 0 e. The maximum absolute atomic E-state index is 2.22. The minimum atomic E-state index is 0. The van der Waals surface area contributed by atoms with E-state index in [2.05, 4.69) is 20.8 Å². The van der Waals surface area contributed by atoms with Crippen molar-refractivity contribution >= 4 is 29.6 Å². The van der Waals surface area contributed by atoms with Crippen LogP contribution in [0.1, 0.15) is 27.2 Å². The van der Waals surface area contributed by atoms with Crippen LogP contribution in [0.2, 0.25) is 0 Å². The largest absolute Gasteiger partial charge is 0.0651 e. The molecule has 0 aliphatic carbocycles. The van der Waals surface area contributed by atoms with E-state index in [1.54, 1.807) is 0 Å². The van der Waals surface area contributed by atoms with Crippen LogP contribution in [0, 0.1) is 5.92 Å². The first-order valence-corrected chi connectivity index (χ1v) is 2.27. The van der Waals surface area contributed by atoms with E-state index in [0.717, 1.165) is 5.92 Å². The van der Waals surface area contributed by atoms with Crippen LogP contribution in [0.15, 0.2) is 0 Å². The molecule has 6 heavy (non-hydrogen) atoms. The summed E-state index contributed by atoms with van der Waals surface area (Å²) in [6.07, 6.45) is 1.31. The fourth-order valence-electron chi connectivity index (χ4n) is 0. The van der Waals surface area contributed by atoms with Crippen LogP contribution in [-0.4, -0.2) is 29.6 Å². The second kappa shape index (κ2) is 6.00. The summed E-state index contributed by atoms with van der Waals surface area (Å²) < 4.78 is 0. The molecule has 0 aliphatic rings. The summed E-state index contributed by atoms with van der Waals surface area (Å²) in [5.41, 5.74) is 0. The van der Waals surface area contributed by atoms with Crippen LogP contribution in [0.25, 0.3) is 0 Å². The van der Waals surface area contributed by atoms with E-state index < -0.39 is 0 Å². The molecule has 0 fully saturated rings. The molecule has 1 radical (unpaired) electrons. The standard InChI is InChI=1S/C5H12.Na/c1-4-5(2)3;/h5H,4H2,1-3H3;. The topological polar surface area (TPSA) is 0 Å². The second-order valence-electron chi connectivity index (χ2n) is 1.80. The fourth-order valence-corrected chi connectivity index (χ4v) is 0. The Balaban J connectivity index is 0. The van der Waals surface area contributed by atoms with Gasteiger partial charge in [0.05, 0.1) is 0 Å². The van der Waals surface area contributed by atoms with Crippen molar-refractivity contribution in [3.8, 4) is 0 Å². The van der Waals surface area contributed by atoms with Gasteiger partial charge in [-0.05, 0) is 5.92 Å². The Hall–Kier alpha value is 1.00. The van der Waals surface area contributed by atoms with E-state index in [1.807, 2.05) is 0 Å². The Labute approximate surface area is 62.6 Å². The van der Waals surface area contributed by atoms with Gasteiger partial charge >= 0.3 is 0 Å². The molecule has 0 bridgehead atoms. The zero-order valence-electron chi connectivity index (χ0n) is 5.28. The average molecular weight is 95.1 g/mol. The minimum Gasteiger partial charge on any atom is -0.0651 e. The summed E-state index contributed by atoms with van der Waals surface area (Å²) in [4.78, 5) is 0. The van der Waals surface area contributed by atoms with E-state index in [-0.39, 0.29) is 29.6 Å². The van der Waals surface area contributed by atoms with Gasteiger partial charge in [-0.3, -0.25) is 0 Å². The molecule has 0 unspecified atom stereocenters. The Morgan fingerprint density at radius 2 is 1.50 bits per heavy atom. The Morgan fingerprint density at radius 1 is 1.33 bits per heavy atom. The van der Waals surface area contributed by atoms with Crippen molar-refractivity contribution in [3.05, 3.63) is 0 Å². The first-order chi connectivity index (χ1) is 2.27. The Morgan fingerprint density at radius 3 is 1.50 bits per heavy atom. The van der Waals surface area contributed by atoms with Crippen molar-refractivity contribution in [2.45, 2.75) is 27.2 Å². The summed E-state index contributed by atoms with van der Waals surface area (Å²) in [6, 6.07) is 0. The van der Waals surface area contributed by atoms with Crippen molar-refractivity contribution in [3.63, 3.8) is 0 Å². The third-order valence-electron chi connectivity index (χ3n) is 0.816. The van der Waals surface area contributed by atoms with E-state index in [4.69, 9.17) is 0 Å². The van der Waals surface area contributed by atoms with Gasteiger partial charge in [0.15, 0.2) is 0 Å². The second-order valence-corrected chi connectivity index (χ2v) is 1.80. The third kappa shape index (κ3) is 8.89. The molecule has 0 rings (SSSR count). The Kier molecular flexibility index (Phi) is 10.1. The predicted octanol–water partition coefficient (Wildman–Crippen LogP) is 1.67. The maximum Gasteiger partial charge on any atom is 0 e. The third-order valence-corrected chi connectivity index (χ3v) is 0.816. The summed E-state index contributed by atoms with van der Waals surface area (Å²) in [7, 11) is 0. The molecule has 0 amide bonds. The molecule has 0 nitrogen and oxygen atoms in total. The van der Waals surface area contributed by atoms with Crippen molar-refractivity contribution in [2.24, 2.45) is 5.92 Å². The van der Waals surface area contributed by atoms with Gasteiger partial charge in [0.1, 0.15) is 0 Å². The minimum absolute atomic E-state index is 0. The van der Waals surface area contributed by atoms with E-state index in [0.29, 0.717) is 0 Å². The van der Waals surface area contributed by atoms with Crippen molar-refractivity contribution in [2.75, 3.05) is 0 Å². The average Bonchev–Trinajstić information content (AvgIpc) is 1.38. The normalized spacial score (nSPS) is 8.00. The van der Waals surface area contributed by atoms with Crippen LogP contribution in [0.3, 0.4) is 0 Å². The van der Waals surface area contributed by atoms with Gasteiger partial charge in [0.25, 0.3) is 0 Å². The van der Waals surface area contributed by atoms with Crippen molar-refractivity contribution in [1.82, 2.24) is 0 Å². The first kappa shape index (κ1) is 10.1. The number of hydrogen-bond acceptors (Lipinski definition) is 0. The summed E-state index contributed by atoms with van der Waals surface area (Å²) in [6.45, 7) is 6.64. The Bertz CT molecular complexity index is 17.9. The van der Waals surface area contributed by atoms with Gasteiger partial charge in [0, 0.05) is 29.6 Å². The van der Waals surface area contributed by atoms with Crippen molar-refractivity contribution in [1.29, 1.82) is 0 Å². The first-order valence-electron chi connectivity index (χ1n) is 2.27. The zero-order chi connectivity index (χ0) is 4.28. The molecule has 0 N–H and O–H groups in total. The van der Waals surface area contributed by atoms with E-state index >= 15 is 0 Å². The van der Waals surface area contributed by atoms with Gasteiger partial charge in [-0.1, -0.05) is 27.2 Å². The molecule has 0 aromatic rings. The van der Waals surface area contributed by atoms with Crippen LogP contribution in [0.4, 0.5) is 0 Å². The summed E-state index contributed by atoms with van der Waals surface area (Å²) in [5, 5.41) is 0. The van der Waals surface area contributed by atoms with E-state index in [1.165, 1.54) is 6.42 Å². The molecule has 0 aromatic carbocycles. The number of hydrogen-bond donors (Lipinski definition) is 0. The summed E-state index contributed by atoms with van der Waals surface area (Å²) in [5.74, 6) is 0.884. The monoisotopic (exact) mass is 95.1 g/mol. The van der Waals surface area contributed by atoms with Crippen LogP contribution >= 0.6 is 0 Å². The molecule has 0 aromatic heterocycles. The molecule has 0 atom stereocenters. The SMILES string of the molecule is CCC(C)C.[Na]. The van der Waals surface area contributed by atoms with Gasteiger partial charge < -0.3 is 0 Å².